The predicted octanol–water partition coefficient (Wildman–Crippen LogP) is 15.5. The second-order valence-electron chi connectivity index (χ2n) is 16.2. The van der Waals surface area contributed by atoms with Crippen molar-refractivity contribution in [2.75, 3.05) is 9.80 Å². The van der Waals surface area contributed by atoms with Gasteiger partial charge in [-0.15, -0.1) is 22.7 Å². The number of hydrogen-bond acceptors (Lipinski definition) is 9. The summed E-state index contributed by atoms with van der Waals surface area (Å²) in [5, 5.41) is 5.99. The molecule has 2 aromatic heterocycles. The molecule has 0 saturated carbocycles. The number of rotatable bonds is 8. The Hall–Kier alpha value is -8.63. The van der Waals surface area contributed by atoms with Crippen molar-refractivity contribution in [3.05, 3.63) is 256 Å². The van der Waals surface area contributed by atoms with Crippen molar-refractivity contribution < 1.29 is 24.0 Å². The van der Waals surface area contributed by atoms with E-state index in [4.69, 9.17) is 0 Å². The largest absolute Gasteiger partial charge is 0.302 e. The Bertz CT molecular complexity index is 3400. The first-order valence-corrected chi connectivity index (χ1v) is 23.8. The van der Waals surface area contributed by atoms with Crippen LogP contribution in [0.3, 0.4) is 0 Å². The number of carbonyl (C=O) groups excluding carboxylic acids is 5. The first kappa shape index (κ1) is 44.2. The molecule has 9 heteroatoms. The highest BCUT2D eigenvalue weighted by atomic mass is 32.1. The molecule has 0 N–H and O–H groups in total. The van der Waals surface area contributed by atoms with Crippen LogP contribution < -0.4 is 9.80 Å². The molecule has 0 amide bonds. The van der Waals surface area contributed by atoms with Gasteiger partial charge in [-0.25, -0.2) is 0 Å². The number of Topliss-reactive ketones (excluding diaryl/α,β-unsaturated/α-hetero) is 4. The summed E-state index contributed by atoms with van der Waals surface area (Å²) in [5.41, 5.74) is 6.62. The lowest BCUT2D eigenvalue weighted by molar-refractivity contribution is 0.0919. The van der Waals surface area contributed by atoms with Gasteiger partial charge >= 0.3 is 0 Å². The Balaban J connectivity index is 0.000000133. The molecule has 2 heterocycles. The molecular formula is C60H40N2O5S2. The average Bonchev–Trinajstić information content (AvgIpc) is 4.18. The maximum atomic E-state index is 13.1. The van der Waals surface area contributed by atoms with Crippen LogP contribution in [0.5, 0.6) is 0 Å². The van der Waals surface area contributed by atoms with Crippen molar-refractivity contribution in [2.24, 2.45) is 0 Å². The van der Waals surface area contributed by atoms with Crippen LogP contribution in [-0.2, 0) is 0 Å². The second kappa shape index (κ2) is 19.7. The number of ketones is 4. The van der Waals surface area contributed by atoms with Crippen LogP contribution in [0.1, 0.15) is 62.4 Å². The van der Waals surface area contributed by atoms with Gasteiger partial charge < -0.3 is 9.80 Å². The monoisotopic (exact) mass is 932 g/mol. The molecule has 7 nitrogen and oxygen atoms in total. The van der Waals surface area contributed by atoms with Gasteiger partial charge in [-0.1, -0.05) is 121 Å². The number of para-hydroxylation sites is 4. The van der Waals surface area contributed by atoms with Gasteiger partial charge in [-0.3, -0.25) is 24.0 Å². The first-order chi connectivity index (χ1) is 33.8. The molecule has 0 saturated heterocycles. The summed E-state index contributed by atoms with van der Waals surface area (Å²) in [5.74, 6) is -0.520. The number of anilines is 6. The molecule has 0 fully saturated rings. The highest BCUT2D eigenvalue weighted by Gasteiger charge is 2.34. The Morgan fingerprint density at radius 3 is 1.03 bits per heavy atom. The van der Waals surface area contributed by atoms with Crippen LogP contribution >= 0.6 is 22.7 Å². The van der Waals surface area contributed by atoms with Gasteiger partial charge in [0.15, 0.2) is 29.4 Å². The van der Waals surface area contributed by atoms with E-state index >= 15 is 0 Å². The minimum Gasteiger partial charge on any atom is -0.302 e. The summed E-state index contributed by atoms with van der Waals surface area (Å²) in [7, 11) is 0. The van der Waals surface area contributed by atoms with Crippen LogP contribution in [0.2, 0.25) is 0 Å². The van der Waals surface area contributed by atoms with E-state index in [-0.39, 0.29) is 35.1 Å². The molecule has 2 aliphatic carbocycles. The molecule has 0 spiro atoms. The predicted molar refractivity (Wildman–Crippen MR) is 281 cm³/mol. The molecule has 8 aromatic carbocycles. The number of aldehydes is 1. The topological polar surface area (TPSA) is 91.8 Å². The first-order valence-electron chi connectivity index (χ1n) is 22.2. The average molecular weight is 933 g/mol. The third-order valence-electron chi connectivity index (χ3n) is 11.8. The fourth-order valence-electron chi connectivity index (χ4n) is 8.50. The number of hydrogen-bond donors (Lipinski definition) is 0. The molecule has 2 aliphatic rings. The molecule has 69 heavy (non-hydrogen) atoms. The quantitative estimate of drug-likeness (QED) is 0.0648. The van der Waals surface area contributed by atoms with Crippen LogP contribution in [0.25, 0.3) is 27.6 Å². The van der Waals surface area contributed by atoms with Crippen molar-refractivity contribution in [2.45, 2.75) is 6.42 Å². The third-order valence-corrected chi connectivity index (χ3v) is 13.8. The maximum Gasteiger partial charge on any atom is 0.197 e. The van der Waals surface area contributed by atoms with E-state index in [1.54, 1.807) is 17.4 Å². The smallest absolute Gasteiger partial charge is 0.197 e. The summed E-state index contributed by atoms with van der Waals surface area (Å²) in [4.78, 5) is 66.1. The number of fused-ring (bicyclic) bond motifs is 4. The number of allylic oxidation sites excluding steroid dienone is 1. The fraction of sp³-hybridized carbons (Fsp3) is 0.0167. The minimum atomic E-state index is -0.205. The molecule has 0 bridgehead atoms. The number of nitrogens with zero attached hydrogens (tertiary/aromatic N) is 2. The lowest BCUT2D eigenvalue weighted by atomic mass is 10.0. The summed E-state index contributed by atoms with van der Waals surface area (Å²) in [6.07, 6.45) is 2.66. The molecule has 332 valence electrons. The Morgan fingerprint density at radius 1 is 0.362 bits per heavy atom. The van der Waals surface area contributed by atoms with Crippen LogP contribution in [0.15, 0.2) is 224 Å². The van der Waals surface area contributed by atoms with Crippen molar-refractivity contribution in [1.29, 1.82) is 0 Å². The summed E-state index contributed by atoms with van der Waals surface area (Å²) < 4.78 is 0. The van der Waals surface area contributed by atoms with Crippen molar-refractivity contribution in [3.8, 4) is 0 Å². The maximum absolute atomic E-state index is 13.1. The molecule has 0 atom stereocenters. The zero-order valence-corrected chi connectivity index (χ0v) is 38.5. The number of thiophene rings is 2. The highest BCUT2D eigenvalue weighted by molar-refractivity contribution is 7.18. The van der Waals surface area contributed by atoms with Crippen LogP contribution in [0, 0.1) is 0 Å². The van der Waals surface area contributed by atoms with Gasteiger partial charge in [-0.05, 0) is 125 Å². The van der Waals surface area contributed by atoms with E-state index < -0.39 is 0 Å². The van der Waals surface area contributed by atoms with Crippen molar-refractivity contribution in [1.82, 2.24) is 0 Å². The highest BCUT2D eigenvalue weighted by Crippen LogP contribution is 2.41. The molecule has 0 aliphatic heterocycles. The van der Waals surface area contributed by atoms with Crippen LogP contribution in [0.4, 0.5) is 32.8 Å². The molecular weight excluding hydrogens is 893 g/mol. The van der Waals surface area contributed by atoms with Gasteiger partial charge in [0.2, 0.25) is 0 Å². The van der Waals surface area contributed by atoms with E-state index in [0.29, 0.717) is 22.3 Å². The summed E-state index contributed by atoms with van der Waals surface area (Å²) in [6, 6.07) is 71.3. The van der Waals surface area contributed by atoms with E-state index in [9.17, 15) is 24.0 Å². The standard InChI is InChI=1S/C30H19NO2S.C17H13NOS.C13H8O2/c32-29-25-17-20-9-7-8-10-21(20)18-26(25)30(33)27(29)19-24-15-16-28(34-24)31(22-11-3-1-4-12-22)23-13-5-2-6-14-23;19-13-16-11-12-17(20-16)18(14-7-3-1-4-8-14)15-9-5-2-6-10-15;14-12-7-13(15)11-6-9-4-2-1-3-8(9)5-10(11)12/h1-19H;1-13H;1-6H,7H2. The van der Waals surface area contributed by atoms with Gasteiger partial charge in [0.1, 0.15) is 10.0 Å². The molecule has 0 radical (unpaired) electrons. The number of carbonyl (C=O) groups is 5. The van der Waals surface area contributed by atoms with Gasteiger partial charge in [0.25, 0.3) is 0 Å². The fourth-order valence-corrected chi connectivity index (χ4v) is 10.4. The number of benzene rings is 8. The molecule has 0 unspecified atom stereocenters. The Morgan fingerprint density at radius 2 is 0.681 bits per heavy atom. The zero-order valence-electron chi connectivity index (χ0n) is 36.9. The van der Waals surface area contributed by atoms with E-state index in [2.05, 4.69) is 58.3 Å². The molecule has 12 rings (SSSR count). The normalized spacial score (nSPS) is 12.4. The Kier molecular flexibility index (Phi) is 12.6. The van der Waals surface area contributed by atoms with Gasteiger partial charge in [0, 0.05) is 49.9 Å². The van der Waals surface area contributed by atoms with E-state index in [1.165, 1.54) is 11.3 Å². The second-order valence-corrected chi connectivity index (χ2v) is 18.4. The summed E-state index contributed by atoms with van der Waals surface area (Å²) >= 11 is 3.04. The van der Waals surface area contributed by atoms with E-state index in [1.807, 2.05) is 170 Å². The zero-order chi connectivity index (χ0) is 47.3. The Labute approximate surface area is 406 Å². The van der Waals surface area contributed by atoms with Gasteiger partial charge in [0.05, 0.1) is 16.9 Å². The summed E-state index contributed by atoms with van der Waals surface area (Å²) in [6.45, 7) is 0. The van der Waals surface area contributed by atoms with Gasteiger partial charge in [-0.2, -0.15) is 0 Å². The SMILES string of the molecule is O=C1C(=Cc2ccc(N(c3ccccc3)c3ccccc3)s2)C(=O)c2cc3ccccc3cc21.O=C1CC(=O)c2cc3ccccc3cc21.O=Cc1ccc(N(c2ccccc2)c2ccccc2)s1. The molecule has 10 aromatic rings. The van der Waals surface area contributed by atoms with Crippen molar-refractivity contribution >= 4 is 112 Å². The minimum absolute atomic E-state index is 0.0334. The third kappa shape index (κ3) is 9.25. The van der Waals surface area contributed by atoms with E-state index in [0.717, 1.165) is 70.3 Å². The lowest BCUT2D eigenvalue weighted by Gasteiger charge is -2.23. The van der Waals surface area contributed by atoms with Crippen LogP contribution in [-0.4, -0.2) is 29.4 Å². The van der Waals surface area contributed by atoms with Crippen molar-refractivity contribution in [3.63, 3.8) is 0 Å². The lowest BCUT2D eigenvalue weighted by Crippen LogP contribution is -2.07.